The van der Waals surface area contributed by atoms with Gasteiger partial charge in [0, 0.05) is 11.8 Å². The third-order valence-electron chi connectivity index (χ3n) is 3.19. The van der Waals surface area contributed by atoms with Crippen LogP contribution in [0.2, 0.25) is 0 Å². The summed E-state index contributed by atoms with van der Waals surface area (Å²) in [4.78, 5) is 26.4. The van der Waals surface area contributed by atoms with E-state index in [0.29, 0.717) is 16.3 Å². The van der Waals surface area contributed by atoms with Gasteiger partial charge in [0.15, 0.2) is 5.58 Å². The SMILES string of the molecule is Cc1cccc(NC(=O)CSc2nc3ccc([N+](=O)[O-])cc3o2)c1. The zero-order valence-electron chi connectivity index (χ0n) is 12.7. The molecular weight excluding hydrogens is 330 g/mol. The minimum atomic E-state index is -0.496. The van der Waals surface area contributed by atoms with Crippen LogP contribution in [0.15, 0.2) is 52.1 Å². The molecule has 0 aliphatic heterocycles. The molecule has 1 N–H and O–H groups in total. The maximum Gasteiger partial charge on any atom is 0.273 e. The normalized spacial score (nSPS) is 10.7. The van der Waals surface area contributed by atoms with E-state index in [4.69, 9.17) is 4.42 Å². The first-order chi connectivity index (χ1) is 11.5. The molecule has 0 atom stereocenters. The van der Waals surface area contributed by atoms with E-state index < -0.39 is 4.92 Å². The number of nitrogens with one attached hydrogen (secondary N) is 1. The van der Waals surface area contributed by atoms with E-state index in [1.165, 1.54) is 18.2 Å². The molecule has 0 aliphatic carbocycles. The van der Waals surface area contributed by atoms with Crippen LogP contribution in [-0.2, 0) is 4.79 Å². The molecule has 2 aromatic carbocycles. The number of carbonyl (C=O) groups is 1. The number of oxazole rings is 1. The van der Waals surface area contributed by atoms with Crippen LogP contribution in [-0.4, -0.2) is 21.6 Å². The fourth-order valence-corrected chi connectivity index (χ4v) is 2.75. The Morgan fingerprint density at radius 2 is 2.17 bits per heavy atom. The van der Waals surface area contributed by atoms with Crippen molar-refractivity contribution in [3.05, 3.63) is 58.1 Å². The average molecular weight is 343 g/mol. The molecule has 122 valence electrons. The largest absolute Gasteiger partial charge is 0.431 e. The monoisotopic (exact) mass is 343 g/mol. The first kappa shape index (κ1) is 16.0. The van der Waals surface area contributed by atoms with Crippen molar-refractivity contribution in [1.82, 2.24) is 4.98 Å². The summed E-state index contributed by atoms with van der Waals surface area (Å²) in [7, 11) is 0. The van der Waals surface area contributed by atoms with Crippen molar-refractivity contribution in [3.63, 3.8) is 0 Å². The minimum Gasteiger partial charge on any atom is -0.431 e. The molecule has 0 radical (unpaired) electrons. The number of anilines is 1. The second kappa shape index (κ2) is 6.71. The molecule has 1 heterocycles. The van der Waals surface area contributed by atoms with Crippen molar-refractivity contribution >= 4 is 40.1 Å². The average Bonchev–Trinajstić information content (AvgIpc) is 2.95. The number of nitro groups is 1. The molecule has 0 spiro atoms. The molecule has 0 fully saturated rings. The zero-order chi connectivity index (χ0) is 17.1. The number of amides is 1. The third kappa shape index (κ3) is 3.72. The standard InChI is InChI=1S/C16H13N3O4S/c1-10-3-2-4-11(7-10)17-15(20)9-24-16-18-13-6-5-12(19(21)22)8-14(13)23-16/h2-8H,9H2,1H3,(H,17,20). The number of fused-ring (bicyclic) bond motifs is 1. The highest BCUT2D eigenvalue weighted by molar-refractivity contribution is 7.99. The molecule has 0 bridgehead atoms. The molecule has 0 unspecified atom stereocenters. The first-order valence-corrected chi connectivity index (χ1v) is 8.04. The lowest BCUT2D eigenvalue weighted by molar-refractivity contribution is -0.384. The summed E-state index contributed by atoms with van der Waals surface area (Å²) in [6.07, 6.45) is 0. The van der Waals surface area contributed by atoms with Gasteiger partial charge < -0.3 is 9.73 Å². The lowest BCUT2D eigenvalue weighted by Crippen LogP contribution is -2.13. The van der Waals surface area contributed by atoms with Crippen molar-refractivity contribution in [2.75, 3.05) is 11.1 Å². The molecule has 3 rings (SSSR count). The van der Waals surface area contributed by atoms with Crippen LogP contribution in [0, 0.1) is 17.0 Å². The number of rotatable bonds is 5. The molecule has 1 amide bonds. The number of carbonyl (C=O) groups excluding carboxylic acids is 1. The van der Waals surface area contributed by atoms with Crippen molar-refractivity contribution in [2.45, 2.75) is 12.1 Å². The topological polar surface area (TPSA) is 98.3 Å². The summed E-state index contributed by atoms with van der Waals surface area (Å²) >= 11 is 1.13. The second-order valence-corrected chi connectivity index (χ2v) is 6.02. The molecule has 0 saturated carbocycles. The lowest BCUT2D eigenvalue weighted by atomic mass is 10.2. The number of hydrogen-bond donors (Lipinski definition) is 1. The van der Waals surface area contributed by atoms with E-state index in [2.05, 4.69) is 10.3 Å². The summed E-state index contributed by atoms with van der Waals surface area (Å²) in [5, 5.41) is 13.8. The molecule has 7 nitrogen and oxygen atoms in total. The molecular formula is C16H13N3O4S. The highest BCUT2D eigenvalue weighted by Crippen LogP contribution is 2.26. The predicted molar refractivity (Wildman–Crippen MR) is 91.2 cm³/mol. The quantitative estimate of drug-likeness (QED) is 0.430. The number of aromatic nitrogens is 1. The van der Waals surface area contributed by atoms with Crippen LogP contribution in [0.3, 0.4) is 0 Å². The minimum absolute atomic E-state index is 0.0626. The number of benzene rings is 2. The Hall–Kier alpha value is -2.87. The number of aryl methyl sites for hydroxylation is 1. The molecule has 0 aliphatic rings. The number of nitrogens with zero attached hydrogens (tertiary/aromatic N) is 2. The van der Waals surface area contributed by atoms with Crippen molar-refractivity contribution in [2.24, 2.45) is 0 Å². The second-order valence-electron chi connectivity index (χ2n) is 5.10. The molecule has 24 heavy (non-hydrogen) atoms. The van der Waals surface area contributed by atoms with Gasteiger partial charge in [-0.1, -0.05) is 23.9 Å². The Bertz CT molecular complexity index is 923. The summed E-state index contributed by atoms with van der Waals surface area (Å²) in [5.74, 6) is -0.0538. The molecule has 3 aromatic rings. The zero-order valence-corrected chi connectivity index (χ0v) is 13.5. The number of nitro benzene ring substituents is 1. The molecule has 0 saturated heterocycles. The highest BCUT2D eigenvalue weighted by atomic mass is 32.2. The summed E-state index contributed by atoms with van der Waals surface area (Å²) in [5.41, 5.74) is 2.56. The van der Waals surface area contributed by atoms with E-state index in [-0.39, 0.29) is 17.3 Å². The fourth-order valence-electron chi connectivity index (χ4n) is 2.11. The van der Waals surface area contributed by atoms with E-state index in [1.54, 1.807) is 0 Å². The Morgan fingerprint density at radius 1 is 1.33 bits per heavy atom. The van der Waals surface area contributed by atoms with Crippen LogP contribution in [0.4, 0.5) is 11.4 Å². The van der Waals surface area contributed by atoms with Gasteiger partial charge in [-0.05, 0) is 30.7 Å². The Kier molecular flexibility index (Phi) is 4.48. The van der Waals surface area contributed by atoms with Crippen LogP contribution < -0.4 is 5.32 Å². The summed E-state index contributed by atoms with van der Waals surface area (Å²) < 4.78 is 5.45. The van der Waals surface area contributed by atoms with Gasteiger partial charge in [-0.3, -0.25) is 14.9 Å². The van der Waals surface area contributed by atoms with Crippen LogP contribution in [0.25, 0.3) is 11.1 Å². The van der Waals surface area contributed by atoms with E-state index in [9.17, 15) is 14.9 Å². The third-order valence-corrected chi connectivity index (χ3v) is 4.02. The van der Waals surface area contributed by atoms with Gasteiger partial charge in [0.05, 0.1) is 16.7 Å². The van der Waals surface area contributed by atoms with Gasteiger partial charge in [-0.2, -0.15) is 0 Å². The number of hydrogen-bond acceptors (Lipinski definition) is 6. The van der Waals surface area contributed by atoms with Gasteiger partial charge in [-0.25, -0.2) is 4.98 Å². The van der Waals surface area contributed by atoms with E-state index >= 15 is 0 Å². The molecule has 1 aromatic heterocycles. The van der Waals surface area contributed by atoms with Crippen LogP contribution >= 0.6 is 11.8 Å². The van der Waals surface area contributed by atoms with Gasteiger partial charge in [0.25, 0.3) is 10.9 Å². The molecule has 8 heteroatoms. The summed E-state index contributed by atoms with van der Waals surface area (Å²) in [6.45, 7) is 1.95. The van der Waals surface area contributed by atoms with Gasteiger partial charge in [0.2, 0.25) is 5.91 Å². The van der Waals surface area contributed by atoms with Crippen molar-refractivity contribution in [1.29, 1.82) is 0 Å². The van der Waals surface area contributed by atoms with Gasteiger partial charge in [0.1, 0.15) is 5.52 Å². The number of non-ortho nitro benzene ring substituents is 1. The lowest BCUT2D eigenvalue weighted by Gasteiger charge is -2.04. The van der Waals surface area contributed by atoms with E-state index in [0.717, 1.165) is 23.0 Å². The number of thioether (sulfide) groups is 1. The predicted octanol–water partition coefficient (Wildman–Crippen LogP) is 3.78. The van der Waals surface area contributed by atoms with Crippen molar-refractivity contribution < 1.29 is 14.1 Å². The first-order valence-electron chi connectivity index (χ1n) is 7.05. The van der Waals surface area contributed by atoms with Crippen LogP contribution in [0.1, 0.15) is 5.56 Å². The Morgan fingerprint density at radius 3 is 2.92 bits per heavy atom. The smallest absolute Gasteiger partial charge is 0.273 e. The maximum absolute atomic E-state index is 12.0. The van der Waals surface area contributed by atoms with Crippen molar-refractivity contribution in [3.8, 4) is 0 Å². The highest BCUT2D eigenvalue weighted by Gasteiger charge is 2.13. The fraction of sp³-hybridized carbons (Fsp3) is 0.125. The summed E-state index contributed by atoms with van der Waals surface area (Å²) in [6, 6.07) is 11.7. The van der Waals surface area contributed by atoms with Gasteiger partial charge >= 0.3 is 0 Å². The Balaban J connectivity index is 1.64. The van der Waals surface area contributed by atoms with Crippen LogP contribution in [0.5, 0.6) is 0 Å². The maximum atomic E-state index is 12.0. The van der Waals surface area contributed by atoms with Gasteiger partial charge in [-0.15, -0.1) is 0 Å². The Labute approximate surface area is 141 Å². The van der Waals surface area contributed by atoms with E-state index in [1.807, 2.05) is 31.2 Å².